The molecule has 0 aliphatic carbocycles. The van der Waals surface area contributed by atoms with Crippen molar-refractivity contribution in [1.82, 2.24) is 19.6 Å². The van der Waals surface area contributed by atoms with Gasteiger partial charge in [-0.25, -0.2) is 0 Å². The van der Waals surface area contributed by atoms with Crippen LogP contribution in [-0.2, 0) is 13.1 Å². The number of likely N-dealkylation sites (N-methyl/N-ethyl adjacent to an activating group) is 1. The third-order valence-corrected chi connectivity index (χ3v) is 5.17. The van der Waals surface area contributed by atoms with Gasteiger partial charge in [0.25, 0.3) is 0 Å². The topological polar surface area (TPSA) is 24.3 Å². The number of hydrogen-bond donors (Lipinski definition) is 0. The van der Waals surface area contributed by atoms with Crippen molar-refractivity contribution < 1.29 is 0 Å². The lowest BCUT2D eigenvalue weighted by Gasteiger charge is -2.22. The van der Waals surface area contributed by atoms with E-state index in [9.17, 15) is 0 Å². The maximum atomic E-state index is 4.58. The van der Waals surface area contributed by atoms with Crippen LogP contribution in [0.3, 0.4) is 0 Å². The fourth-order valence-electron chi connectivity index (χ4n) is 3.08. The van der Waals surface area contributed by atoms with Crippen LogP contribution in [0.5, 0.6) is 0 Å². The number of hydrogen-bond acceptors (Lipinski definition) is 3. The van der Waals surface area contributed by atoms with E-state index in [1.54, 1.807) is 0 Å². The second-order valence-electron chi connectivity index (χ2n) is 5.86. The van der Waals surface area contributed by atoms with E-state index in [0.29, 0.717) is 6.04 Å². The van der Waals surface area contributed by atoms with Crippen LogP contribution < -0.4 is 0 Å². The van der Waals surface area contributed by atoms with Gasteiger partial charge in [-0.05, 0) is 49.8 Å². The highest BCUT2D eigenvalue weighted by Gasteiger charge is 2.31. The molecule has 2 unspecified atom stereocenters. The zero-order valence-corrected chi connectivity index (χ0v) is 14.2. The fraction of sp³-hybridized carbons (Fsp3) is 0.786. The van der Waals surface area contributed by atoms with Gasteiger partial charge in [-0.3, -0.25) is 9.58 Å². The summed E-state index contributed by atoms with van der Waals surface area (Å²) in [5, 5.41) is 4.58. The van der Waals surface area contributed by atoms with Crippen LogP contribution in [0.4, 0.5) is 0 Å². The predicted molar refractivity (Wildman–Crippen MR) is 82.3 cm³/mol. The lowest BCUT2D eigenvalue weighted by Crippen LogP contribution is -2.34. The number of halogens is 1. The summed E-state index contributed by atoms with van der Waals surface area (Å²) in [6, 6.07) is 0.665. The van der Waals surface area contributed by atoms with Crippen molar-refractivity contribution in [2.24, 2.45) is 5.92 Å². The van der Waals surface area contributed by atoms with E-state index in [1.807, 2.05) is 0 Å². The Kier molecular flexibility index (Phi) is 4.69. The number of aromatic nitrogens is 2. The minimum absolute atomic E-state index is 0.665. The average Bonchev–Trinajstić information content (AvgIpc) is 2.84. The predicted octanol–water partition coefficient (Wildman–Crippen LogP) is 2.36. The van der Waals surface area contributed by atoms with E-state index in [0.717, 1.165) is 31.2 Å². The molecular formula is C14H25BrN4. The minimum Gasteiger partial charge on any atom is -0.305 e. The summed E-state index contributed by atoms with van der Waals surface area (Å²) in [7, 11) is 4.36. The van der Waals surface area contributed by atoms with Crippen LogP contribution in [0.15, 0.2) is 4.47 Å². The Morgan fingerprint density at radius 2 is 2.05 bits per heavy atom. The van der Waals surface area contributed by atoms with E-state index in [1.165, 1.54) is 16.7 Å². The quantitative estimate of drug-likeness (QED) is 0.848. The molecule has 4 nitrogen and oxygen atoms in total. The van der Waals surface area contributed by atoms with Gasteiger partial charge in [-0.2, -0.15) is 5.10 Å². The molecule has 0 N–H and O–H groups in total. The number of likely N-dealkylation sites (tertiary alicyclic amines) is 1. The first-order chi connectivity index (χ1) is 8.93. The molecule has 1 aromatic heterocycles. The highest BCUT2D eigenvalue weighted by molar-refractivity contribution is 9.10. The van der Waals surface area contributed by atoms with E-state index >= 15 is 0 Å². The van der Waals surface area contributed by atoms with Crippen molar-refractivity contribution in [3.05, 3.63) is 15.9 Å². The molecule has 1 aromatic rings. The van der Waals surface area contributed by atoms with Gasteiger partial charge in [0.15, 0.2) is 0 Å². The van der Waals surface area contributed by atoms with Crippen molar-refractivity contribution >= 4 is 15.9 Å². The molecule has 1 fully saturated rings. The Hall–Kier alpha value is -0.390. The molecule has 2 atom stereocenters. The van der Waals surface area contributed by atoms with Crippen molar-refractivity contribution in [2.75, 3.05) is 27.2 Å². The zero-order valence-electron chi connectivity index (χ0n) is 12.6. The number of rotatable bonds is 4. The van der Waals surface area contributed by atoms with Crippen molar-refractivity contribution in [3.63, 3.8) is 0 Å². The van der Waals surface area contributed by atoms with E-state index in [-0.39, 0.29) is 0 Å². The van der Waals surface area contributed by atoms with Gasteiger partial charge in [-0.1, -0.05) is 6.92 Å². The van der Waals surface area contributed by atoms with Gasteiger partial charge in [-0.15, -0.1) is 0 Å². The summed E-state index contributed by atoms with van der Waals surface area (Å²) in [5.74, 6) is 0.730. The van der Waals surface area contributed by atoms with E-state index < -0.39 is 0 Å². The summed E-state index contributed by atoms with van der Waals surface area (Å²) >= 11 is 3.69. The first kappa shape index (κ1) is 15.0. The molecule has 2 heterocycles. The molecule has 0 spiro atoms. The van der Waals surface area contributed by atoms with Crippen LogP contribution in [0.2, 0.25) is 0 Å². The van der Waals surface area contributed by atoms with E-state index in [2.05, 4.69) is 70.4 Å². The Morgan fingerprint density at radius 3 is 2.58 bits per heavy atom. The molecule has 0 aromatic carbocycles. The van der Waals surface area contributed by atoms with Crippen LogP contribution in [0, 0.1) is 12.8 Å². The lowest BCUT2D eigenvalue weighted by atomic mass is 10.1. The standard InChI is InChI=1S/C14H25BrN4/c1-6-19-13(14(15)11(3)16-19)9-18-7-10(2)12(8-18)17(4)5/h10,12H,6-9H2,1-5H3. The minimum atomic E-state index is 0.665. The SMILES string of the molecule is CCn1nc(C)c(Br)c1CN1CC(C)C(N(C)C)C1. The maximum Gasteiger partial charge on any atom is 0.0739 e. The molecule has 5 heteroatoms. The third kappa shape index (κ3) is 3.03. The molecule has 0 bridgehead atoms. The van der Waals surface area contributed by atoms with Crippen molar-refractivity contribution in [2.45, 2.75) is 39.9 Å². The van der Waals surface area contributed by atoms with Gasteiger partial charge in [0, 0.05) is 32.2 Å². The maximum absolute atomic E-state index is 4.58. The smallest absolute Gasteiger partial charge is 0.0739 e. The first-order valence-electron chi connectivity index (χ1n) is 7.04. The van der Waals surface area contributed by atoms with Gasteiger partial charge < -0.3 is 4.90 Å². The second-order valence-corrected chi connectivity index (χ2v) is 6.66. The fourth-order valence-corrected chi connectivity index (χ4v) is 3.49. The molecule has 108 valence electrons. The molecule has 19 heavy (non-hydrogen) atoms. The summed E-state index contributed by atoms with van der Waals surface area (Å²) in [6.07, 6.45) is 0. The van der Waals surface area contributed by atoms with Crippen LogP contribution in [0.25, 0.3) is 0 Å². The number of aryl methyl sites for hydroxylation is 2. The Morgan fingerprint density at radius 1 is 1.37 bits per heavy atom. The van der Waals surface area contributed by atoms with Crippen LogP contribution in [-0.4, -0.2) is 52.8 Å². The molecule has 1 aliphatic heterocycles. The molecule has 1 saturated heterocycles. The Balaban J connectivity index is 2.11. The number of nitrogens with zero attached hydrogens (tertiary/aromatic N) is 4. The average molecular weight is 329 g/mol. The largest absolute Gasteiger partial charge is 0.305 e. The van der Waals surface area contributed by atoms with Gasteiger partial charge >= 0.3 is 0 Å². The molecule has 1 aliphatic rings. The summed E-state index contributed by atoms with van der Waals surface area (Å²) in [6.45, 7) is 10.8. The van der Waals surface area contributed by atoms with Gasteiger partial charge in [0.1, 0.15) is 0 Å². The zero-order chi connectivity index (χ0) is 14.2. The summed E-state index contributed by atoms with van der Waals surface area (Å²) < 4.78 is 3.29. The Bertz CT molecular complexity index is 441. The normalized spacial score (nSPS) is 24.6. The highest BCUT2D eigenvalue weighted by atomic mass is 79.9. The second kappa shape index (κ2) is 5.94. The summed E-state index contributed by atoms with van der Waals surface area (Å²) in [5.41, 5.74) is 2.40. The Labute approximate surface area is 124 Å². The lowest BCUT2D eigenvalue weighted by molar-refractivity contribution is 0.248. The van der Waals surface area contributed by atoms with Crippen molar-refractivity contribution in [1.29, 1.82) is 0 Å². The molecule has 0 saturated carbocycles. The third-order valence-electron chi connectivity index (χ3n) is 4.14. The molecular weight excluding hydrogens is 304 g/mol. The van der Waals surface area contributed by atoms with Gasteiger partial charge in [0.2, 0.25) is 0 Å². The first-order valence-corrected chi connectivity index (χ1v) is 7.83. The molecule has 0 radical (unpaired) electrons. The highest BCUT2D eigenvalue weighted by Crippen LogP contribution is 2.26. The van der Waals surface area contributed by atoms with Crippen molar-refractivity contribution in [3.8, 4) is 0 Å². The van der Waals surface area contributed by atoms with E-state index in [4.69, 9.17) is 0 Å². The van der Waals surface area contributed by atoms with Crippen LogP contribution in [0.1, 0.15) is 25.2 Å². The molecule has 2 rings (SSSR count). The summed E-state index contributed by atoms with van der Waals surface area (Å²) in [4.78, 5) is 4.89. The van der Waals surface area contributed by atoms with Gasteiger partial charge in [0.05, 0.1) is 15.9 Å². The van der Waals surface area contributed by atoms with Crippen LogP contribution >= 0.6 is 15.9 Å². The molecule has 0 amide bonds. The monoisotopic (exact) mass is 328 g/mol.